The minimum Gasteiger partial charge on any atom is -0.497 e. The second-order valence-electron chi connectivity index (χ2n) is 4.24. The van der Waals surface area contributed by atoms with Gasteiger partial charge in [0.2, 0.25) is 0 Å². The number of benzene rings is 1. The number of hydrogen-bond donors (Lipinski definition) is 1. The van der Waals surface area contributed by atoms with Crippen molar-refractivity contribution in [1.82, 2.24) is 4.90 Å². The molecule has 4 nitrogen and oxygen atoms in total. The first-order valence-corrected chi connectivity index (χ1v) is 5.61. The largest absolute Gasteiger partial charge is 0.497 e. The SMILES string of the molecule is COc1ccc(CN(CC(=O)O)C(C)C)cc1. The van der Waals surface area contributed by atoms with Crippen molar-refractivity contribution in [3.05, 3.63) is 29.8 Å². The van der Waals surface area contributed by atoms with Crippen LogP contribution in [-0.2, 0) is 11.3 Å². The van der Waals surface area contributed by atoms with E-state index in [9.17, 15) is 4.79 Å². The maximum absolute atomic E-state index is 10.7. The molecule has 0 amide bonds. The van der Waals surface area contributed by atoms with Crippen LogP contribution >= 0.6 is 0 Å². The molecule has 1 aromatic rings. The van der Waals surface area contributed by atoms with E-state index in [1.807, 2.05) is 43.0 Å². The molecule has 17 heavy (non-hydrogen) atoms. The van der Waals surface area contributed by atoms with Gasteiger partial charge in [0.05, 0.1) is 13.7 Å². The Balaban J connectivity index is 2.68. The number of carbonyl (C=O) groups is 1. The Hall–Kier alpha value is -1.55. The van der Waals surface area contributed by atoms with Gasteiger partial charge in [0.15, 0.2) is 0 Å². The summed E-state index contributed by atoms with van der Waals surface area (Å²) >= 11 is 0. The van der Waals surface area contributed by atoms with Crippen LogP contribution in [-0.4, -0.2) is 35.7 Å². The summed E-state index contributed by atoms with van der Waals surface area (Å²) in [5.41, 5.74) is 1.08. The molecule has 0 saturated heterocycles. The normalized spacial score (nSPS) is 10.9. The lowest BCUT2D eigenvalue weighted by atomic mass is 10.2. The third kappa shape index (κ3) is 4.44. The van der Waals surface area contributed by atoms with Crippen molar-refractivity contribution in [2.24, 2.45) is 0 Å². The molecule has 1 aromatic carbocycles. The van der Waals surface area contributed by atoms with Crippen molar-refractivity contribution >= 4 is 5.97 Å². The van der Waals surface area contributed by atoms with Gasteiger partial charge < -0.3 is 9.84 Å². The highest BCUT2D eigenvalue weighted by Gasteiger charge is 2.13. The number of hydrogen-bond acceptors (Lipinski definition) is 3. The van der Waals surface area contributed by atoms with E-state index >= 15 is 0 Å². The van der Waals surface area contributed by atoms with Gasteiger partial charge in [-0.1, -0.05) is 12.1 Å². The molecule has 1 N–H and O–H groups in total. The lowest BCUT2D eigenvalue weighted by Crippen LogP contribution is -2.35. The van der Waals surface area contributed by atoms with E-state index in [-0.39, 0.29) is 12.6 Å². The van der Waals surface area contributed by atoms with Gasteiger partial charge in [-0.15, -0.1) is 0 Å². The summed E-state index contributed by atoms with van der Waals surface area (Å²) < 4.78 is 5.08. The average Bonchev–Trinajstić information content (AvgIpc) is 2.28. The number of rotatable bonds is 6. The fourth-order valence-electron chi connectivity index (χ4n) is 1.56. The molecule has 0 radical (unpaired) electrons. The van der Waals surface area contributed by atoms with E-state index in [2.05, 4.69) is 0 Å². The van der Waals surface area contributed by atoms with Crippen LogP contribution in [0.5, 0.6) is 5.75 Å². The Labute approximate surface area is 102 Å². The number of methoxy groups -OCH3 is 1. The van der Waals surface area contributed by atoms with Gasteiger partial charge in [-0.25, -0.2) is 0 Å². The van der Waals surface area contributed by atoms with Gasteiger partial charge in [-0.3, -0.25) is 9.69 Å². The summed E-state index contributed by atoms with van der Waals surface area (Å²) in [4.78, 5) is 12.7. The molecule has 0 bridgehead atoms. The molecular formula is C13H19NO3. The number of aliphatic carboxylic acids is 1. The molecule has 0 heterocycles. The highest BCUT2D eigenvalue weighted by molar-refractivity contribution is 5.69. The van der Waals surface area contributed by atoms with Gasteiger partial charge in [0, 0.05) is 12.6 Å². The molecule has 0 spiro atoms. The zero-order chi connectivity index (χ0) is 12.8. The average molecular weight is 237 g/mol. The second kappa shape index (κ2) is 6.25. The van der Waals surface area contributed by atoms with Crippen LogP contribution in [0.25, 0.3) is 0 Å². The van der Waals surface area contributed by atoms with Crippen LogP contribution in [0.3, 0.4) is 0 Å². The molecule has 0 atom stereocenters. The molecule has 0 aliphatic carbocycles. The van der Waals surface area contributed by atoms with Crippen molar-refractivity contribution in [3.63, 3.8) is 0 Å². The van der Waals surface area contributed by atoms with Crippen LogP contribution in [0, 0.1) is 0 Å². The molecule has 0 fully saturated rings. The maximum atomic E-state index is 10.7. The van der Waals surface area contributed by atoms with Crippen LogP contribution in [0.2, 0.25) is 0 Å². The summed E-state index contributed by atoms with van der Waals surface area (Å²) in [6.45, 7) is 4.68. The van der Waals surface area contributed by atoms with Crippen molar-refractivity contribution in [2.75, 3.05) is 13.7 Å². The quantitative estimate of drug-likeness (QED) is 0.822. The molecule has 0 unspecified atom stereocenters. The maximum Gasteiger partial charge on any atom is 0.317 e. The predicted octanol–water partition coefficient (Wildman–Crippen LogP) is 1.99. The van der Waals surface area contributed by atoms with Gasteiger partial charge in [0.1, 0.15) is 5.75 Å². The molecule has 0 aliphatic heterocycles. The summed E-state index contributed by atoms with van der Waals surface area (Å²) in [5.74, 6) is 0.00953. The third-order valence-electron chi connectivity index (χ3n) is 2.61. The van der Waals surface area contributed by atoms with Gasteiger partial charge in [-0.05, 0) is 31.5 Å². The summed E-state index contributed by atoms with van der Waals surface area (Å²) in [6, 6.07) is 7.88. The molecule has 0 aromatic heterocycles. The molecule has 1 rings (SSSR count). The summed E-state index contributed by atoms with van der Waals surface area (Å²) in [5, 5.41) is 8.83. The van der Waals surface area contributed by atoms with E-state index in [1.165, 1.54) is 0 Å². The van der Waals surface area contributed by atoms with E-state index in [0.717, 1.165) is 11.3 Å². The Morgan fingerprint density at radius 3 is 2.35 bits per heavy atom. The van der Waals surface area contributed by atoms with Crippen LogP contribution in [0.4, 0.5) is 0 Å². The van der Waals surface area contributed by atoms with E-state index < -0.39 is 5.97 Å². The standard InChI is InChI=1S/C13H19NO3/c1-10(2)14(9-13(15)16)8-11-4-6-12(17-3)7-5-11/h4-7,10H,8-9H2,1-3H3,(H,15,16). The Morgan fingerprint density at radius 2 is 1.94 bits per heavy atom. The molecule has 4 heteroatoms. The summed E-state index contributed by atoms with van der Waals surface area (Å²) in [6.07, 6.45) is 0. The molecule has 94 valence electrons. The summed E-state index contributed by atoms with van der Waals surface area (Å²) in [7, 11) is 1.62. The number of ether oxygens (including phenoxy) is 1. The number of carboxylic acid groups (broad SMARTS) is 1. The Kier molecular flexibility index (Phi) is 4.97. The highest BCUT2D eigenvalue weighted by atomic mass is 16.5. The lowest BCUT2D eigenvalue weighted by molar-refractivity contribution is -0.138. The zero-order valence-corrected chi connectivity index (χ0v) is 10.5. The predicted molar refractivity (Wildman–Crippen MR) is 66.2 cm³/mol. The van der Waals surface area contributed by atoms with Gasteiger partial charge in [-0.2, -0.15) is 0 Å². The van der Waals surface area contributed by atoms with Gasteiger partial charge in [0.25, 0.3) is 0 Å². The van der Waals surface area contributed by atoms with Crippen LogP contribution in [0.15, 0.2) is 24.3 Å². The number of carboxylic acids is 1. The third-order valence-corrected chi connectivity index (χ3v) is 2.61. The van der Waals surface area contributed by atoms with Crippen molar-refractivity contribution < 1.29 is 14.6 Å². The fraction of sp³-hybridized carbons (Fsp3) is 0.462. The first kappa shape index (κ1) is 13.5. The lowest BCUT2D eigenvalue weighted by Gasteiger charge is -2.24. The highest BCUT2D eigenvalue weighted by Crippen LogP contribution is 2.14. The second-order valence-corrected chi connectivity index (χ2v) is 4.24. The zero-order valence-electron chi connectivity index (χ0n) is 10.5. The van der Waals surface area contributed by atoms with E-state index in [4.69, 9.17) is 9.84 Å². The molecular weight excluding hydrogens is 218 g/mol. The van der Waals surface area contributed by atoms with E-state index in [1.54, 1.807) is 7.11 Å². The monoisotopic (exact) mass is 237 g/mol. The topological polar surface area (TPSA) is 49.8 Å². The van der Waals surface area contributed by atoms with E-state index in [0.29, 0.717) is 6.54 Å². The Bertz CT molecular complexity index is 359. The smallest absolute Gasteiger partial charge is 0.317 e. The number of nitrogens with zero attached hydrogens (tertiary/aromatic N) is 1. The first-order valence-electron chi connectivity index (χ1n) is 5.61. The fourth-order valence-corrected chi connectivity index (χ4v) is 1.56. The van der Waals surface area contributed by atoms with Crippen molar-refractivity contribution in [3.8, 4) is 5.75 Å². The Morgan fingerprint density at radius 1 is 1.35 bits per heavy atom. The van der Waals surface area contributed by atoms with Crippen LogP contribution in [0.1, 0.15) is 19.4 Å². The van der Waals surface area contributed by atoms with Crippen LogP contribution < -0.4 is 4.74 Å². The molecule has 0 aliphatic rings. The van der Waals surface area contributed by atoms with Crippen molar-refractivity contribution in [2.45, 2.75) is 26.4 Å². The molecule has 0 saturated carbocycles. The van der Waals surface area contributed by atoms with Gasteiger partial charge >= 0.3 is 5.97 Å². The minimum absolute atomic E-state index is 0.0592. The first-order chi connectivity index (χ1) is 8.02. The minimum atomic E-state index is -0.799. The van der Waals surface area contributed by atoms with Crippen molar-refractivity contribution in [1.29, 1.82) is 0 Å².